The molecule has 0 aliphatic heterocycles. The van der Waals surface area contributed by atoms with Crippen LogP contribution >= 0.6 is 0 Å². The number of amides is 7. The predicted molar refractivity (Wildman–Crippen MR) is 227 cm³/mol. The molecule has 0 bridgehead atoms. The lowest BCUT2D eigenvalue weighted by Gasteiger charge is -2.28. The first kappa shape index (κ1) is 53.5. The van der Waals surface area contributed by atoms with E-state index in [9.17, 15) is 68.4 Å². The monoisotopic (exact) mass is 910 g/mol. The van der Waals surface area contributed by atoms with Gasteiger partial charge in [0.15, 0.2) is 0 Å². The SMILES string of the molecule is CC(=O)N[C@@H](Cc1ccc(N=[N+]=[N-])cc1)C(=O)N[C@H](C(=O)N[C@@H](CC(C)C)C(=O)N[C@@H](CC(=O)O)C(=O)N[C@@H](C)C(=O)N[C@@H](CC(=O)O)C(=O)N[C@@H](Cc1ccccc1)C(=O)O)[C@@H](C)O. The van der Waals surface area contributed by atoms with Gasteiger partial charge in [-0.15, -0.1) is 0 Å². The number of carbonyl (C=O) groups is 10. The molecule has 0 radical (unpaired) electrons. The highest BCUT2D eigenvalue weighted by molar-refractivity contribution is 5.98. The third-order valence-electron chi connectivity index (χ3n) is 9.31. The Bertz CT molecular complexity index is 2090. The van der Waals surface area contributed by atoms with Crippen molar-refractivity contribution < 1.29 is 68.4 Å². The largest absolute Gasteiger partial charge is 0.481 e. The van der Waals surface area contributed by atoms with Gasteiger partial charge in [0, 0.05) is 30.4 Å². The van der Waals surface area contributed by atoms with Crippen molar-refractivity contribution in [3.63, 3.8) is 0 Å². The summed E-state index contributed by atoms with van der Waals surface area (Å²) < 4.78 is 0. The van der Waals surface area contributed by atoms with E-state index >= 15 is 0 Å². The highest BCUT2D eigenvalue weighted by Crippen LogP contribution is 2.15. The lowest BCUT2D eigenvalue weighted by Crippen LogP contribution is -2.61. The Labute approximate surface area is 372 Å². The highest BCUT2D eigenvalue weighted by atomic mass is 16.4. The summed E-state index contributed by atoms with van der Waals surface area (Å²) in [5.41, 5.74) is 9.99. The van der Waals surface area contributed by atoms with Crippen LogP contribution in [0.5, 0.6) is 0 Å². The van der Waals surface area contributed by atoms with E-state index in [2.05, 4.69) is 47.2 Å². The summed E-state index contributed by atoms with van der Waals surface area (Å²) in [6.07, 6.45) is -4.00. The summed E-state index contributed by atoms with van der Waals surface area (Å²) in [6, 6.07) is 2.89. The van der Waals surface area contributed by atoms with Crippen LogP contribution in [0.25, 0.3) is 10.4 Å². The molecule has 0 aromatic heterocycles. The molecule has 0 saturated heterocycles. The van der Waals surface area contributed by atoms with Crippen LogP contribution in [-0.2, 0) is 60.8 Å². The highest BCUT2D eigenvalue weighted by Gasteiger charge is 2.35. The third-order valence-corrected chi connectivity index (χ3v) is 9.31. The second-order valence-corrected chi connectivity index (χ2v) is 15.4. The normalized spacial score (nSPS) is 14.4. The molecule has 2 aromatic carbocycles. The quantitative estimate of drug-likeness (QED) is 0.0316. The topological polar surface area (TPSA) is 385 Å². The Morgan fingerprint density at radius 3 is 1.52 bits per heavy atom. The first-order chi connectivity index (χ1) is 30.5. The first-order valence-electron chi connectivity index (χ1n) is 20.1. The van der Waals surface area contributed by atoms with Crippen molar-refractivity contribution in [2.45, 2.75) is 115 Å². The number of benzene rings is 2. The summed E-state index contributed by atoms with van der Waals surface area (Å²) in [7, 11) is 0. The van der Waals surface area contributed by atoms with E-state index in [-0.39, 0.29) is 30.9 Å². The molecule has 7 amide bonds. The smallest absolute Gasteiger partial charge is 0.326 e. The number of nitrogens with zero attached hydrogens (tertiary/aromatic N) is 3. The van der Waals surface area contributed by atoms with E-state index in [0.29, 0.717) is 11.1 Å². The second kappa shape index (κ2) is 26.1. The summed E-state index contributed by atoms with van der Waals surface area (Å²) in [4.78, 5) is 130. The van der Waals surface area contributed by atoms with Crippen molar-refractivity contribution in [1.82, 2.24) is 37.2 Å². The van der Waals surface area contributed by atoms with Crippen LogP contribution in [0, 0.1) is 5.92 Å². The van der Waals surface area contributed by atoms with E-state index in [1.807, 2.05) is 0 Å². The van der Waals surface area contributed by atoms with E-state index in [1.165, 1.54) is 19.1 Å². The number of carbonyl (C=O) groups excluding carboxylic acids is 7. The van der Waals surface area contributed by atoms with Gasteiger partial charge in [-0.3, -0.25) is 43.2 Å². The molecule has 0 unspecified atom stereocenters. The van der Waals surface area contributed by atoms with E-state index in [4.69, 9.17) is 5.53 Å². The van der Waals surface area contributed by atoms with Gasteiger partial charge < -0.3 is 57.6 Å². The number of aliphatic carboxylic acids is 3. The van der Waals surface area contributed by atoms with E-state index < -0.39 is 120 Å². The minimum atomic E-state index is -1.89. The van der Waals surface area contributed by atoms with E-state index in [0.717, 1.165) is 13.8 Å². The fraction of sp³-hybridized carbons (Fsp3) is 0.463. The number of aliphatic hydroxyl groups excluding tert-OH is 1. The number of azide groups is 1. The minimum Gasteiger partial charge on any atom is -0.481 e. The molecular weight excluding hydrogens is 857 g/mol. The summed E-state index contributed by atoms with van der Waals surface area (Å²) in [5, 5.41) is 58.7. The Hall–Kier alpha value is -7.59. The van der Waals surface area contributed by atoms with Gasteiger partial charge in [-0.25, -0.2) is 4.79 Å². The predicted octanol–water partition coefficient (Wildman–Crippen LogP) is -0.692. The van der Waals surface area contributed by atoms with Gasteiger partial charge in [0.2, 0.25) is 41.4 Å². The molecule has 0 spiro atoms. The first-order valence-corrected chi connectivity index (χ1v) is 20.1. The van der Waals surface area contributed by atoms with Crippen molar-refractivity contribution in [1.29, 1.82) is 0 Å². The lowest BCUT2D eigenvalue weighted by atomic mass is 10.0. The Balaban J connectivity index is 2.23. The van der Waals surface area contributed by atoms with Gasteiger partial charge in [-0.2, -0.15) is 0 Å². The molecule has 24 nitrogen and oxygen atoms in total. The van der Waals surface area contributed by atoms with Crippen molar-refractivity contribution >= 4 is 64.9 Å². The maximum atomic E-state index is 13.7. The molecule has 0 aliphatic rings. The molecule has 2 aromatic rings. The van der Waals surface area contributed by atoms with Crippen molar-refractivity contribution in [3.8, 4) is 0 Å². The molecule has 0 heterocycles. The molecule has 65 heavy (non-hydrogen) atoms. The molecule has 0 fully saturated rings. The Kier molecular flexibility index (Phi) is 21.5. The molecule has 8 atom stereocenters. The zero-order chi connectivity index (χ0) is 49.0. The van der Waals surface area contributed by atoms with Gasteiger partial charge in [-0.1, -0.05) is 73.6 Å². The second-order valence-electron chi connectivity index (χ2n) is 15.4. The molecule has 0 aliphatic carbocycles. The van der Waals surface area contributed by atoms with Crippen molar-refractivity contribution in [2.24, 2.45) is 11.0 Å². The molecule has 0 saturated carbocycles. The summed E-state index contributed by atoms with van der Waals surface area (Å²) >= 11 is 0. The maximum Gasteiger partial charge on any atom is 0.326 e. The van der Waals surface area contributed by atoms with Crippen LogP contribution in [0.2, 0.25) is 0 Å². The Morgan fingerprint density at radius 1 is 0.569 bits per heavy atom. The summed E-state index contributed by atoms with van der Waals surface area (Å²) in [6.45, 7) is 6.76. The molecule has 2 rings (SSSR count). The van der Waals surface area contributed by atoms with E-state index in [1.54, 1.807) is 56.3 Å². The Morgan fingerprint density at radius 2 is 1.03 bits per heavy atom. The number of nitrogens with one attached hydrogen (secondary N) is 7. The van der Waals surface area contributed by atoms with Gasteiger partial charge in [0.1, 0.15) is 42.3 Å². The standard InChI is InChI=1S/C41H54N10O14/c1-20(2)15-27(47-40(63)34(22(4)52)49-39(62)28(44-23(5)53)16-25-11-13-26(14-12-25)50-51-42)37(60)46-29(18-32(54)55)36(59)43-21(3)35(58)45-30(19-33(56)57)38(61)48-31(41(64)65)17-24-9-7-6-8-10-24/h6-14,20-22,27-31,34,52H,15-19H2,1-5H3,(H,43,59)(H,44,53)(H,45,58)(H,46,60)(H,47,63)(H,48,61)(H,49,62)(H,54,55)(H,56,57)(H,64,65)/t21-,22+,27-,28-,29-,30-,31-,34-/m0/s1. The van der Waals surface area contributed by atoms with Crippen LogP contribution in [0.4, 0.5) is 5.69 Å². The van der Waals surface area contributed by atoms with Crippen LogP contribution in [0.15, 0.2) is 59.7 Å². The molecular formula is C41H54N10O14. The number of carboxylic acid groups (broad SMARTS) is 3. The zero-order valence-electron chi connectivity index (χ0n) is 36.1. The van der Waals surface area contributed by atoms with Crippen LogP contribution < -0.4 is 37.2 Å². The summed E-state index contributed by atoms with van der Waals surface area (Å²) in [5.74, 6) is -12.1. The third kappa shape index (κ3) is 19.1. The number of rotatable bonds is 26. The molecule has 11 N–H and O–H groups in total. The molecule has 24 heteroatoms. The van der Waals surface area contributed by atoms with Crippen LogP contribution in [-0.4, -0.2) is 128 Å². The minimum absolute atomic E-state index is 0.0948. The van der Waals surface area contributed by atoms with Crippen molar-refractivity contribution in [3.05, 3.63) is 76.2 Å². The maximum absolute atomic E-state index is 13.7. The number of hydrogen-bond acceptors (Lipinski definition) is 12. The number of aliphatic hydroxyl groups is 1. The van der Waals surface area contributed by atoms with Crippen LogP contribution in [0.1, 0.15) is 65.0 Å². The lowest BCUT2D eigenvalue weighted by molar-refractivity contribution is -0.143. The van der Waals surface area contributed by atoms with Gasteiger partial charge in [-0.05, 0) is 42.8 Å². The van der Waals surface area contributed by atoms with Gasteiger partial charge in [0.25, 0.3) is 0 Å². The number of carboxylic acids is 3. The van der Waals surface area contributed by atoms with Gasteiger partial charge in [0.05, 0.1) is 18.9 Å². The average molecular weight is 911 g/mol. The zero-order valence-corrected chi connectivity index (χ0v) is 36.1. The average Bonchev–Trinajstić information content (AvgIpc) is 3.21. The van der Waals surface area contributed by atoms with Gasteiger partial charge >= 0.3 is 17.9 Å². The number of hydrogen-bond donors (Lipinski definition) is 11. The molecule has 352 valence electrons. The fourth-order valence-electron chi connectivity index (χ4n) is 6.10. The van der Waals surface area contributed by atoms with Crippen LogP contribution in [0.3, 0.4) is 0 Å². The fourth-order valence-corrected chi connectivity index (χ4v) is 6.10. The van der Waals surface area contributed by atoms with Crippen molar-refractivity contribution in [2.75, 3.05) is 0 Å².